The Hall–Kier alpha value is -1.28. The van der Waals surface area contributed by atoms with Crippen molar-refractivity contribution in [2.45, 2.75) is 0 Å². The quantitative estimate of drug-likeness (QED) is 0.722. The van der Waals surface area contributed by atoms with Gasteiger partial charge in [-0.25, -0.2) is 0 Å². The largest absolute Gasteiger partial charge is 0.377 e. The van der Waals surface area contributed by atoms with E-state index in [4.69, 9.17) is 0 Å². The molecule has 0 aliphatic rings. The first kappa shape index (κ1) is 9.28. The van der Waals surface area contributed by atoms with E-state index in [1.165, 1.54) is 16.1 Å². The van der Waals surface area contributed by atoms with Crippen LogP contribution < -0.4 is 4.90 Å². The van der Waals surface area contributed by atoms with Crippen LogP contribution in [0.5, 0.6) is 0 Å². The second-order valence-corrected chi connectivity index (χ2v) is 4.34. The summed E-state index contributed by atoms with van der Waals surface area (Å²) in [5.74, 6) is 0. The molecule has 0 saturated carbocycles. The van der Waals surface area contributed by atoms with Gasteiger partial charge in [-0.2, -0.15) is 0 Å². The lowest BCUT2D eigenvalue weighted by Crippen LogP contribution is -2.09. The van der Waals surface area contributed by atoms with E-state index in [0.717, 1.165) is 0 Å². The predicted molar refractivity (Wildman–Crippen MR) is 64.1 cm³/mol. The van der Waals surface area contributed by atoms with Crippen molar-refractivity contribution >= 4 is 17.0 Å². The summed E-state index contributed by atoms with van der Waals surface area (Å²) in [4.78, 5) is 3.48. The smallest absolute Gasteiger partial charge is 0.0448 e. The summed E-state index contributed by atoms with van der Waals surface area (Å²) >= 11 is 1.78. The number of hydrogen-bond acceptors (Lipinski definition) is 2. The van der Waals surface area contributed by atoms with Crippen molar-refractivity contribution in [2.24, 2.45) is 0 Å². The van der Waals surface area contributed by atoms with Gasteiger partial charge in [0.15, 0.2) is 0 Å². The maximum Gasteiger partial charge on any atom is 0.0448 e. The van der Waals surface area contributed by atoms with E-state index >= 15 is 0 Å². The molecule has 1 heterocycles. The molecule has 0 amide bonds. The maximum atomic E-state index is 2.17. The van der Waals surface area contributed by atoms with Crippen molar-refractivity contribution in [1.82, 2.24) is 0 Å². The van der Waals surface area contributed by atoms with Crippen LogP contribution in [-0.2, 0) is 0 Å². The summed E-state index contributed by atoms with van der Waals surface area (Å²) in [5.41, 5.74) is 2.59. The molecule has 0 aliphatic carbocycles. The molecule has 14 heavy (non-hydrogen) atoms. The molecule has 2 rings (SSSR count). The minimum atomic E-state index is 1.27. The number of nitrogens with zero attached hydrogens (tertiary/aromatic N) is 1. The van der Waals surface area contributed by atoms with Gasteiger partial charge in [0.05, 0.1) is 0 Å². The fraction of sp³-hybridized carbons (Fsp3) is 0.167. The molecule has 0 radical (unpaired) electrons. The third kappa shape index (κ3) is 1.66. The van der Waals surface area contributed by atoms with Gasteiger partial charge < -0.3 is 4.90 Å². The lowest BCUT2D eigenvalue weighted by molar-refractivity contribution is 1.13. The first-order chi connectivity index (χ1) is 6.79. The number of benzene rings is 1. The van der Waals surface area contributed by atoms with Crippen molar-refractivity contribution in [1.29, 1.82) is 0 Å². The summed E-state index contributed by atoms with van der Waals surface area (Å²) in [5, 5.41) is 2.11. The van der Waals surface area contributed by atoms with Gasteiger partial charge in [-0.3, -0.25) is 0 Å². The number of thiophene rings is 1. The average molecular weight is 203 g/mol. The average Bonchev–Trinajstić information content (AvgIpc) is 2.70. The second kappa shape index (κ2) is 3.84. The van der Waals surface area contributed by atoms with E-state index < -0.39 is 0 Å². The van der Waals surface area contributed by atoms with Crippen molar-refractivity contribution < 1.29 is 0 Å². The topological polar surface area (TPSA) is 3.24 Å². The highest BCUT2D eigenvalue weighted by Gasteiger charge is 2.05. The molecule has 0 spiro atoms. The lowest BCUT2D eigenvalue weighted by atomic mass is 10.1. The van der Waals surface area contributed by atoms with Crippen LogP contribution in [-0.4, -0.2) is 14.1 Å². The molecule has 0 atom stereocenters. The summed E-state index contributed by atoms with van der Waals surface area (Å²) in [6, 6.07) is 12.7. The summed E-state index contributed by atoms with van der Waals surface area (Å²) < 4.78 is 0. The van der Waals surface area contributed by atoms with Gasteiger partial charge in [0.25, 0.3) is 0 Å². The van der Waals surface area contributed by atoms with Gasteiger partial charge in [-0.15, -0.1) is 11.3 Å². The first-order valence-electron chi connectivity index (χ1n) is 4.59. The van der Waals surface area contributed by atoms with Crippen LogP contribution in [0.25, 0.3) is 10.4 Å². The molecule has 72 valence electrons. The first-order valence-corrected chi connectivity index (χ1v) is 5.47. The molecule has 0 N–H and O–H groups in total. The normalized spacial score (nSPS) is 10.1. The zero-order valence-electron chi connectivity index (χ0n) is 8.40. The van der Waals surface area contributed by atoms with Crippen molar-refractivity contribution in [2.75, 3.05) is 19.0 Å². The fourth-order valence-corrected chi connectivity index (χ4v) is 2.26. The highest BCUT2D eigenvalue weighted by Crippen LogP contribution is 2.32. The zero-order chi connectivity index (χ0) is 9.97. The highest BCUT2D eigenvalue weighted by atomic mass is 32.1. The molecule has 0 bridgehead atoms. The van der Waals surface area contributed by atoms with Gasteiger partial charge >= 0.3 is 0 Å². The molecule has 1 aromatic carbocycles. The fourth-order valence-electron chi connectivity index (χ4n) is 1.50. The molecule has 2 aromatic rings. The summed E-state index contributed by atoms with van der Waals surface area (Å²) in [6.07, 6.45) is 0. The van der Waals surface area contributed by atoms with Gasteiger partial charge in [0.2, 0.25) is 0 Å². The molecule has 0 saturated heterocycles. The Morgan fingerprint density at radius 2 is 1.79 bits per heavy atom. The van der Waals surface area contributed by atoms with Crippen molar-refractivity contribution in [3.8, 4) is 10.4 Å². The molecule has 1 nitrogen and oxygen atoms in total. The van der Waals surface area contributed by atoms with Crippen molar-refractivity contribution in [3.63, 3.8) is 0 Å². The SMILES string of the molecule is CN(C)c1ccccc1-c1cccs1. The third-order valence-electron chi connectivity index (χ3n) is 2.17. The predicted octanol–water partition coefficient (Wildman–Crippen LogP) is 3.48. The number of rotatable bonds is 2. The second-order valence-electron chi connectivity index (χ2n) is 3.39. The van der Waals surface area contributed by atoms with E-state index in [2.05, 4.69) is 60.8 Å². The number of para-hydroxylation sites is 1. The van der Waals surface area contributed by atoms with E-state index in [9.17, 15) is 0 Å². The van der Waals surface area contributed by atoms with Crippen molar-refractivity contribution in [3.05, 3.63) is 41.8 Å². The molecular weight excluding hydrogens is 190 g/mol. The van der Waals surface area contributed by atoms with Crippen LogP contribution in [0.15, 0.2) is 41.8 Å². The van der Waals surface area contributed by atoms with Gasteiger partial charge in [-0.1, -0.05) is 24.3 Å². The molecule has 2 heteroatoms. The Bertz CT molecular complexity index is 404. The number of hydrogen-bond donors (Lipinski definition) is 0. The Balaban J connectivity index is 2.53. The summed E-state index contributed by atoms with van der Waals surface area (Å²) in [7, 11) is 4.15. The Morgan fingerprint density at radius 1 is 1.00 bits per heavy atom. The molecule has 1 aromatic heterocycles. The Morgan fingerprint density at radius 3 is 2.43 bits per heavy atom. The van der Waals surface area contributed by atoms with E-state index in [1.807, 2.05) is 0 Å². The molecule has 0 aliphatic heterocycles. The van der Waals surface area contributed by atoms with Gasteiger partial charge in [0, 0.05) is 30.2 Å². The van der Waals surface area contributed by atoms with Crippen LogP contribution in [0.1, 0.15) is 0 Å². The van der Waals surface area contributed by atoms with Crippen LogP contribution in [0.4, 0.5) is 5.69 Å². The minimum absolute atomic E-state index is 1.27. The Labute approximate surface area is 88.6 Å². The molecule has 0 unspecified atom stereocenters. The Kier molecular flexibility index (Phi) is 2.55. The molecular formula is C12H13NS. The van der Waals surface area contributed by atoms with E-state index in [1.54, 1.807) is 11.3 Å². The van der Waals surface area contributed by atoms with Crippen LogP contribution in [0, 0.1) is 0 Å². The monoisotopic (exact) mass is 203 g/mol. The van der Waals surface area contributed by atoms with Crippen LogP contribution in [0.3, 0.4) is 0 Å². The van der Waals surface area contributed by atoms with Gasteiger partial charge in [-0.05, 0) is 17.5 Å². The number of anilines is 1. The van der Waals surface area contributed by atoms with E-state index in [0.29, 0.717) is 0 Å². The summed E-state index contributed by atoms with van der Waals surface area (Å²) in [6.45, 7) is 0. The third-order valence-corrected chi connectivity index (χ3v) is 3.08. The highest BCUT2D eigenvalue weighted by molar-refractivity contribution is 7.13. The standard InChI is InChI=1S/C12H13NS/c1-13(2)11-7-4-3-6-10(11)12-8-5-9-14-12/h3-9H,1-2H3. The van der Waals surface area contributed by atoms with E-state index in [-0.39, 0.29) is 0 Å². The molecule has 0 fully saturated rings. The zero-order valence-corrected chi connectivity index (χ0v) is 9.21. The van der Waals surface area contributed by atoms with Crippen LogP contribution >= 0.6 is 11.3 Å². The maximum absolute atomic E-state index is 2.17. The minimum Gasteiger partial charge on any atom is -0.377 e. The van der Waals surface area contributed by atoms with Crippen LogP contribution in [0.2, 0.25) is 0 Å². The lowest BCUT2D eigenvalue weighted by Gasteiger charge is -2.16. The van der Waals surface area contributed by atoms with Gasteiger partial charge in [0.1, 0.15) is 0 Å².